The first-order chi connectivity index (χ1) is 21.6. The van der Waals surface area contributed by atoms with Gasteiger partial charge in [-0.2, -0.15) is 29.4 Å². The zero-order chi connectivity index (χ0) is 31.4. The van der Waals surface area contributed by atoms with Gasteiger partial charge in [0.25, 0.3) is 0 Å². The molecule has 3 heterocycles. The monoisotopic (exact) mass is 692 g/mol. The van der Waals surface area contributed by atoms with Crippen molar-refractivity contribution in [3.05, 3.63) is 145 Å². The summed E-state index contributed by atoms with van der Waals surface area (Å²) in [7, 11) is 0. The maximum absolute atomic E-state index is 4.98. The summed E-state index contributed by atoms with van der Waals surface area (Å²) in [5.41, 5.74) is 7.62. The van der Waals surface area contributed by atoms with E-state index in [0.29, 0.717) is 0 Å². The molecule has 0 fully saturated rings. The second-order valence-electron chi connectivity index (χ2n) is 13.9. The van der Waals surface area contributed by atoms with Gasteiger partial charge < -0.3 is 4.57 Å². The van der Waals surface area contributed by atoms with E-state index in [-0.39, 0.29) is 31.3 Å². The molecule has 3 aromatic heterocycles. The zero-order valence-electron chi connectivity index (χ0n) is 27.2. The van der Waals surface area contributed by atoms with Crippen molar-refractivity contribution in [2.24, 2.45) is 10.8 Å². The fraction of sp³-hybridized carbons (Fsp3) is 0.220. The third-order valence-corrected chi connectivity index (χ3v) is 9.23. The Morgan fingerprint density at radius 1 is 0.609 bits per heavy atom. The van der Waals surface area contributed by atoms with Crippen LogP contribution in [0.1, 0.15) is 52.8 Å². The van der Waals surface area contributed by atoms with Crippen molar-refractivity contribution < 1.29 is 20.4 Å². The first-order valence-corrected chi connectivity index (χ1v) is 15.6. The van der Waals surface area contributed by atoms with E-state index in [1.807, 2.05) is 29.2 Å². The first kappa shape index (κ1) is 31.7. The zero-order valence-corrected chi connectivity index (χ0v) is 28.7. The molecule has 0 aliphatic carbocycles. The van der Waals surface area contributed by atoms with Gasteiger partial charge in [0.15, 0.2) is 0 Å². The van der Waals surface area contributed by atoms with E-state index < -0.39 is 5.41 Å². The Balaban J connectivity index is 0.00000372. The minimum atomic E-state index is -0.423. The third-order valence-electron chi connectivity index (χ3n) is 9.23. The van der Waals surface area contributed by atoms with Crippen LogP contribution in [0.4, 0.5) is 0 Å². The van der Waals surface area contributed by atoms with Crippen LogP contribution in [0, 0.1) is 23.0 Å². The summed E-state index contributed by atoms with van der Waals surface area (Å²) in [5, 5.41) is 7.05. The molecule has 0 saturated carbocycles. The van der Waals surface area contributed by atoms with Crippen LogP contribution >= 0.6 is 0 Å². The van der Waals surface area contributed by atoms with Crippen molar-refractivity contribution in [1.82, 2.24) is 19.3 Å². The van der Waals surface area contributed by atoms with Crippen LogP contribution < -0.4 is 0 Å². The Kier molecular flexibility index (Phi) is 8.13. The van der Waals surface area contributed by atoms with E-state index >= 15 is 0 Å². The van der Waals surface area contributed by atoms with Crippen molar-refractivity contribution in [3.8, 4) is 22.5 Å². The Labute approximate surface area is 285 Å². The summed E-state index contributed by atoms with van der Waals surface area (Å²) in [6, 6.07) is 43.7. The van der Waals surface area contributed by atoms with E-state index in [2.05, 4.69) is 155 Å². The Bertz CT molecular complexity index is 2110. The predicted molar refractivity (Wildman–Crippen MR) is 185 cm³/mol. The van der Waals surface area contributed by atoms with E-state index in [9.17, 15) is 0 Å². The number of para-hydroxylation sites is 1. The fourth-order valence-corrected chi connectivity index (χ4v) is 7.73. The van der Waals surface area contributed by atoms with Gasteiger partial charge in [-0.25, -0.2) is 0 Å². The molecule has 0 spiro atoms. The molecule has 46 heavy (non-hydrogen) atoms. The second kappa shape index (κ2) is 11.8. The molecule has 0 aliphatic heterocycles. The van der Waals surface area contributed by atoms with E-state index in [1.165, 1.54) is 5.39 Å². The third kappa shape index (κ3) is 5.03. The number of rotatable bonds is 5. The topological polar surface area (TPSA) is 35.6 Å². The molecule has 4 nitrogen and oxygen atoms in total. The molecular formula is C41H38N4Pd. The molecule has 7 aromatic rings. The van der Waals surface area contributed by atoms with Crippen LogP contribution in [0.15, 0.2) is 122 Å². The van der Waals surface area contributed by atoms with E-state index in [0.717, 1.165) is 50.2 Å². The molecule has 0 unspecified atom stereocenters. The number of nitrogens with zero attached hydrogens (tertiary/aromatic N) is 4. The van der Waals surface area contributed by atoms with Gasteiger partial charge >= 0.3 is 20.4 Å². The van der Waals surface area contributed by atoms with Gasteiger partial charge in [-0.3, -0.25) is 9.67 Å². The molecule has 0 saturated heterocycles. The average molecular weight is 693 g/mol. The molecule has 0 amide bonds. The van der Waals surface area contributed by atoms with Crippen molar-refractivity contribution in [3.63, 3.8) is 0 Å². The van der Waals surface area contributed by atoms with Crippen molar-refractivity contribution in [2.45, 2.75) is 47.0 Å². The van der Waals surface area contributed by atoms with Gasteiger partial charge in [-0.05, 0) is 45.7 Å². The second-order valence-corrected chi connectivity index (χ2v) is 13.9. The van der Waals surface area contributed by atoms with Crippen molar-refractivity contribution in [1.29, 1.82) is 0 Å². The summed E-state index contributed by atoms with van der Waals surface area (Å²) < 4.78 is 4.21. The first-order valence-electron chi connectivity index (χ1n) is 15.6. The molecule has 7 rings (SSSR count). The minimum absolute atomic E-state index is 0. The molecule has 4 aromatic carbocycles. The molecule has 232 valence electrons. The predicted octanol–water partition coefficient (Wildman–Crippen LogP) is 10.0. The van der Waals surface area contributed by atoms with Gasteiger partial charge in [0.1, 0.15) is 0 Å². The largest absolute Gasteiger partial charge is 2.00 e. The number of pyridine rings is 1. The molecule has 0 aliphatic rings. The van der Waals surface area contributed by atoms with Crippen LogP contribution in [0.25, 0.3) is 44.3 Å². The molecule has 0 bridgehead atoms. The summed E-state index contributed by atoms with van der Waals surface area (Å²) in [6.45, 7) is 13.9. The van der Waals surface area contributed by atoms with E-state index in [1.54, 1.807) is 0 Å². The Morgan fingerprint density at radius 2 is 1.33 bits per heavy atom. The number of aromatic nitrogens is 4. The molecule has 5 heteroatoms. The Morgan fingerprint density at radius 3 is 2.04 bits per heavy atom. The Hall–Kier alpha value is -4.30. The quantitative estimate of drug-likeness (QED) is 0.133. The fourth-order valence-electron chi connectivity index (χ4n) is 7.73. The molecule has 0 N–H and O–H groups in total. The van der Waals surface area contributed by atoms with Gasteiger partial charge in [0.05, 0.1) is 6.20 Å². The summed E-state index contributed by atoms with van der Waals surface area (Å²) in [6.07, 6.45) is 5.89. The standard InChI is InChI=1S/C41H38N4.Pd/c1-39(2,3)41(40(4,5)6,38-21-12-13-24-42-38)31-17-14-18-33(25-31)45-36-20-11-10-19-34(36)35-23-22-32(26-37(35)45)44-28-30(27-43-44)29-15-8-7-9-16-29;/h7-24,27-28H,1-6H3;/q-2;+2. The summed E-state index contributed by atoms with van der Waals surface area (Å²) >= 11 is 0. The van der Waals surface area contributed by atoms with Crippen LogP contribution in [0.2, 0.25) is 0 Å². The number of hydrogen-bond donors (Lipinski definition) is 0. The molecule has 0 atom stereocenters. The van der Waals surface area contributed by atoms with Crippen LogP contribution in [-0.4, -0.2) is 19.3 Å². The number of hydrogen-bond acceptors (Lipinski definition) is 2. The molecular weight excluding hydrogens is 655 g/mol. The number of benzene rings is 4. The van der Waals surface area contributed by atoms with Crippen LogP contribution in [0.3, 0.4) is 0 Å². The normalized spacial score (nSPS) is 12.4. The smallest absolute Gasteiger partial charge is 0.358 e. The average Bonchev–Trinajstić information content (AvgIpc) is 3.64. The maximum atomic E-state index is 4.98. The van der Waals surface area contributed by atoms with Gasteiger partial charge in [-0.1, -0.05) is 107 Å². The van der Waals surface area contributed by atoms with Crippen LogP contribution in [-0.2, 0) is 25.8 Å². The van der Waals surface area contributed by atoms with Crippen molar-refractivity contribution in [2.75, 3.05) is 0 Å². The van der Waals surface area contributed by atoms with E-state index in [4.69, 9.17) is 10.1 Å². The summed E-state index contributed by atoms with van der Waals surface area (Å²) in [4.78, 5) is 4.98. The maximum Gasteiger partial charge on any atom is 2.00 e. The number of fused-ring (bicyclic) bond motifs is 3. The van der Waals surface area contributed by atoms with Gasteiger partial charge in [-0.15, -0.1) is 29.1 Å². The van der Waals surface area contributed by atoms with Gasteiger partial charge in [0.2, 0.25) is 0 Å². The summed E-state index contributed by atoms with van der Waals surface area (Å²) in [5.74, 6) is 0. The molecule has 0 radical (unpaired) electrons. The van der Waals surface area contributed by atoms with Gasteiger partial charge in [0, 0.05) is 34.6 Å². The van der Waals surface area contributed by atoms with Crippen LogP contribution in [0.5, 0.6) is 0 Å². The van der Waals surface area contributed by atoms with Crippen molar-refractivity contribution >= 4 is 21.8 Å². The SMILES string of the molecule is CC(C)(C)C(c1[c-]c(-n2c3[c-]c(-n4cc(-c5ccccc5)cn4)ccc3c3ccccc32)ccc1)(c1ccccn1)C(C)(C)C.[Pd+2]. The minimum Gasteiger partial charge on any atom is -0.358 e.